The fraction of sp³-hybridized carbons (Fsp3) is 0.167. The van der Waals surface area contributed by atoms with Gasteiger partial charge < -0.3 is 5.11 Å². The lowest BCUT2D eigenvalue weighted by Crippen LogP contribution is -2.11. The molecule has 0 spiro atoms. The van der Waals surface area contributed by atoms with Crippen LogP contribution >= 0.6 is 11.6 Å². The second kappa shape index (κ2) is 4.82. The number of hydrogen-bond donors (Lipinski definition) is 1. The van der Waals surface area contributed by atoms with Gasteiger partial charge in [0.25, 0.3) is 0 Å². The first-order valence-electron chi connectivity index (χ1n) is 5.38. The van der Waals surface area contributed by atoms with Crippen molar-refractivity contribution in [2.75, 3.05) is 0 Å². The third-order valence-electron chi connectivity index (χ3n) is 2.66. The number of carboxylic acid groups (broad SMARTS) is 1. The maximum absolute atomic E-state index is 12.9. The Morgan fingerprint density at radius 1 is 1.35 bits per heavy atom. The molecule has 106 valence electrons. The minimum atomic E-state index is -4.59. The molecule has 0 aliphatic carbocycles. The summed E-state index contributed by atoms with van der Waals surface area (Å²) in [6.45, 7) is 1.36. The van der Waals surface area contributed by atoms with Crippen LogP contribution in [0.3, 0.4) is 0 Å². The molecule has 0 saturated heterocycles. The number of aryl methyl sites for hydroxylation is 1. The van der Waals surface area contributed by atoms with Gasteiger partial charge in [0.05, 0.1) is 16.9 Å². The summed E-state index contributed by atoms with van der Waals surface area (Å²) in [7, 11) is 0. The Morgan fingerprint density at radius 3 is 2.45 bits per heavy atom. The molecule has 0 bridgehead atoms. The summed E-state index contributed by atoms with van der Waals surface area (Å²) in [6, 6.07) is 4.67. The zero-order chi connectivity index (χ0) is 15.1. The van der Waals surface area contributed by atoms with Gasteiger partial charge in [0.2, 0.25) is 0 Å². The van der Waals surface area contributed by atoms with Crippen molar-refractivity contribution in [1.29, 1.82) is 0 Å². The number of aromatic nitrogens is 2. The second-order valence-corrected chi connectivity index (χ2v) is 4.34. The molecule has 2 rings (SSSR count). The van der Waals surface area contributed by atoms with Crippen molar-refractivity contribution >= 4 is 17.6 Å². The van der Waals surface area contributed by atoms with Crippen LogP contribution in [-0.4, -0.2) is 20.9 Å². The Kier molecular flexibility index (Phi) is 3.47. The molecule has 0 atom stereocenters. The Hall–Kier alpha value is -2.02. The highest BCUT2D eigenvalue weighted by molar-refractivity contribution is 6.32. The lowest BCUT2D eigenvalue weighted by Gasteiger charge is -2.13. The molecule has 1 N–H and O–H groups in total. The van der Waals surface area contributed by atoms with Crippen LogP contribution in [0.25, 0.3) is 5.69 Å². The average molecular weight is 305 g/mol. The molecule has 0 aliphatic heterocycles. The minimum absolute atomic E-state index is 0.0412. The molecule has 4 nitrogen and oxygen atoms in total. The number of halogens is 4. The van der Waals surface area contributed by atoms with Crippen molar-refractivity contribution in [3.8, 4) is 5.69 Å². The summed E-state index contributed by atoms with van der Waals surface area (Å²) in [6.07, 6.45) is -4.59. The van der Waals surface area contributed by atoms with Gasteiger partial charge in [-0.2, -0.15) is 18.3 Å². The van der Waals surface area contributed by atoms with Crippen LogP contribution in [0.1, 0.15) is 21.6 Å². The molecule has 0 radical (unpaired) electrons. The van der Waals surface area contributed by atoms with Gasteiger partial charge >= 0.3 is 12.1 Å². The summed E-state index contributed by atoms with van der Waals surface area (Å²) >= 11 is 5.83. The molecule has 1 heterocycles. The molecular weight excluding hydrogens is 297 g/mol. The van der Waals surface area contributed by atoms with Crippen LogP contribution < -0.4 is 0 Å². The van der Waals surface area contributed by atoms with Crippen molar-refractivity contribution in [2.24, 2.45) is 0 Å². The van der Waals surface area contributed by atoms with Crippen molar-refractivity contribution in [1.82, 2.24) is 9.78 Å². The summed E-state index contributed by atoms with van der Waals surface area (Å²) in [5.41, 5.74) is -1.54. The van der Waals surface area contributed by atoms with E-state index in [1.54, 1.807) is 0 Å². The number of carboxylic acids is 1. The number of para-hydroxylation sites is 1. The van der Waals surface area contributed by atoms with Gasteiger partial charge in [-0.3, -0.25) is 0 Å². The topological polar surface area (TPSA) is 55.1 Å². The highest BCUT2D eigenvalue weighted by atomic mass is 35.5. The Bertz CT molecular complexity index is 680. The Labute approximate surface area is 116 Å². The molecule has 8 heteroatoms. The zero-order valence-electron chi connectivity index (χ0n) is 10.1. The van der Waals surface area contributed by atoms with Gasteiger partial charge in [0.1, 0.15) is 10.7 Å². The molecule has 0 fully saturated rings. The average Bonchev–Trinajstić information content (AvgIpc) is 2.63. The number of rotatable bonds is 2. The summed E-state index contributed by atoms with van der Waals surface area (Å²) in [4.78, 5) is 11.0. The molecule has 0 unspecified atom stereocenters. The summed E-state index contributed by atoms with van der Waals surface area (Å²) in [5.74, 6) is -1.34. The minimum Gasteiger partial charge on any atom is -0.478 e. The molecule has 0 amide bonds. The predicted octanol–water partition coefficient (Wildman–Crippen LogP) is 3.55. The zero-order valence-corrected chi connectivity index (χ0v) is 10.8. The molecule has 1 aromatic heterocycles. The maximum Gasteiger partial charge on any atom is 0.418 e. The highest BCUT2D eigenvalue weighted by Gasteiger charge is 2.35. The van der Waals surface area contributed by atoms with Gasteiger partial charge in [0.15, 0.2) is 0 Å². The quantitative estimate of drug-likeness (QED) is 0.923. The van der Waals surface area contributed by atoms with Gasteiger partial charge in [-0.15, -0.1) is 0 Å². The number of carbonyl (C=O) groups is 1. The molecule has 0 saturated carbocycles. The van der Waals surface area contributed by atoms with E-state index in [1.165, 1.54) is 25.1 Å². The van der Waals surface area contributed by atoms with E-state index in [1.807, 2.05) is 0 Å². The molecular formula is C12H8ClF3N2O2. The van der Waals surface area contributed by atoms with Crippen molar-refractivity contribution < 1.29 is 23.1 Å². The van der Waals surface area contributed by atoms with Crippen molar-refractivity contribution in [2.45, 2.75) is 13.1 Å². The van der Waals surface area contributed by atoms with Crippen LogP contribution in [0, 0.1) is 6.92 Å². The van der Waals surface area contributed by atoms with E-state index >= 15 is 0 Å². The van der Waals surface area contributed by atoms with Crippen LogP contribution in [0.4, 0.5) is 13.2 Å². The van der Waals surface area contributed by atoms with E-state index in [0.717, 1.165) is 10.7 Å². The first kappa shape index (κ1) is 14.4. The lowest BCUT2D eigenvalue weighted by molar-refractivity contribution is -0.137. The summed E-state index contributed by atoms with van der Waals surface area (Å²) < 4.78 is 39.6. The first-order chi connectivity index (χ1) is 9.23. The lowest BCUT2D eigenvalue weighted by atomic mass is 10.1. The van der Waals surface area contributed by atoms with E-state index < -0.39 is 17.7 Å². The number of nitrogens with zero attached hydrogens (tertiary/aromatic N) is 2. The molecule has 2 aromatic rings. The first-order valence-corrected chi connectivity index (χ1v) is 5.76. The number of benzene rings is 1. The predicted molar refractivity (Wildman–Crippen MR) is 65.3 cm³/mol. The second-order valence-electron chi connectivity index (χ2n) is 3.98. The van der Waals surface area contributed by atoms with Crippen LogP contribution in [0.15, 0.2) is 24.3 Å². The van der Waals surface area contributed by atoms with Crippen LogP contribution in [0.2, 0.25) is 5.15 Å². The van der Waals surface area contributed by atoms with Gasteiger partial charge in [0, 0.05) is 0 Å². The van der Waals surface area contributed by atoms with E-state index in [-0.39, 0.29) is 22.1 Å². The fourth-order valence-electron chi connectivity index (χ4n) is 1.80. The Balaban J connectivity index is 2.71. The highest BCUT2D eigenvalue weighted by Crippen LogP contribution is 2.35. The van der Waals surface area contributed by atoms with E-state index in [0.29, 0.717) is 0 Å². The van der Waals surface area contributed by atoms with Gasteiger partial charge in [-0.1, -0.05) is 23.7 Å². The van der Waals surface area contributed by atoms with Gasteiger partial charge in [-0.05, 0) is 19.1 Å². The Morgan fingerprint density at radius 2 is 1.95 bits per heavy atom. The number of aromatic carboxylic acids is 1. The smallest absolute Gasteiger partial charge is 0.418 e. The van der Waals surface area contributed by atoms with E-state index in [2.05, 4.69) is 5.10 Å². The number of alkyl halides is 3. The normalized spacial score (nSPS) is 11.7. The van der Waals surface area contributed by atoms with Crippen molar-refractivity contribution in [3.05, 3.63) is 46.2 Å². The maximum atomic E-state index is 12.9. The standard InChI is InChI=1S/C12H8ClF3N2O2/c1-6-9(11(19)20)10(13)18(17-6)8-5-3-2-4-7(8)12(14,15)16/h2-5H,1H3,(H,19,20). The van der Waals surface area contributed by atoms with Crippen LogP contribution in [0.5, 0.6) is 0 Å². The van der Waals surface area contributed by atoms with Crippen LogP contribution in [-0.2, 0) is 6.18 Å². The monoisotopic (exact) mass is 304 g/mol. The van der Waals surface area contributed by atoms with Crippen molar-refractivity contribution in [3.63, 3.8) is 0 Å². The third kappa shape index (κ3) is 2.36. The molecule has 1 aromatic carbocycles. The van der Waals surface area contributed by atoms with Gasteiger partial charge in [-0.25, -0.2) is 9.48 Å². The molecule has 20 heavy (non-hydrogen) atoms. The molecule has 0 aliphatic rings. The largest absolute Gasteiger partial charge is 0.478 e. The summed E-state index contributed by atoms with van der Waals surface area (Å²) in [5, 5.41) is 12.4. The number of hydrogen-bond acceptors (Lipinski definition) is 2. The fourth-order valence-corrected chi connectivity index (χ4v) is 2.15. The van der Waals surface area contributed by atoms with E-state index in [9.17, 15) is 18.0 Å². The third-order valence-corrected chi connectivity index (χ3v) is 3.00. The van der Waals surface area contributed by atoms with E-state index in [4.69, 9.17) is 16.7 Å². The SMILES string of the molecule is Cc1nn(-c2ccccc2C(F)(F)F)c(Cl)c1C(=O)O.